The van der Waals surface area contributed by atoms with Gasteiger partial charge in [0.2, 0.25) is 5.91 Å². The Morgan fingerprint density at radius 2 is 2.18 bits per heavy atom. The summed E-state index contributed by atoms with van der Waals surface area (Å²) in [6.45, 7) is 5.57. The van der Waals surface area contributed by atoms with Gasteiger partial charge in [-0.2, -0.15) is 0 Å². The minimum atomic E-state index is -0.938. The maximum Gasteiger partial charge on any atom is 0.325 e. The van der Waals surface area contributed by atoms with E-state index in [-0.39, 0.29) is 24.9 Å². The fourth-order valence-corrected chi connectivity index (χ4v) is 2.64. The number of carbonyl (C=O) groups excluding carboxylic acids is 3. The largest absolute Gasteiger partial charge is 0.467 e. The number of nitrogens with one attached hydrogen (secondary N) is 2. The number of furan rings is 1. The number of nitrogens with zero attached hydrogens (tertiary/aromatic N) is 1. The van der Waals surface area contributed by atoms with E-state index in [9.17, 15) is 14.4 Å². The summed E-state index contributed by atoms with van der Waals surface area (Å²) in [6, 6.07) is 2.92. The minimum absolute atomic E-state index is 0.221. The Labute approximate surface area is 129 Å². The number of rotatable bonds is 6. The van der Waals surface area contributed by atoms with E-state index < -0.39 is 17.5 Å². The highest BCUT2D eigenvalue weighted by Crippen LogP contribution is 2.24. The molecule has 0 aliphatic carbocycles. The Balaban J connectivity index is 1.93. The molecule has 2 N–H and O–H groups in total. The summed E-state index contributed by atoms with van der Waals surface area (Å²) in [6.07, 6.45) is 2.04. The van der Waals surface area contributed by atoms with Gasteiger partial charge in [0.25, 0.3) is 5.91 Å². The number of carbonyl (C=O) groups is 3. The van der Waals surface area contributed by atoms with E-state index in [4.69, 9.17) is 4.42 Å². The van der Waals surface area contributed by atoms with E-state index in [1.165, 1.54) is 6.26 Å². The lowest BCUT2D eigenvalue weighted by atomic mass is 9.91. The summed E-state index contributed by atoms with van der Waals surface area (Å²) < 4.78 is 5.10. The molecule has 22 heavy (non-hydrogen) atoms. The molecule has 1 atom stereocenters. The molecule has 1 saturated heterocycles. The van der Waals surface area contributed by atoms with Gasteiger partial charge < -0.3 is 15.1 Å². The summed E-state index contributed by atoms with van der Waals surface area (Å²) in [7, 11) is 0. The molecule has 120 valence electrons. The lowest BCUT2D eigenvalue weighted by molar-refractivity contribution is -0.135. The predicted molar refractivity (Wildman–Crippen MR) is 78.7 cm³/mol. The van der Waals surface area contributed by atoms with Gasteiger partial charge >= 0.3 is 6.03 Å². The summed E-state index contributed by atoms with van der Waals surface area (Å²) in [5, 5.41) is 5.29. The number of imide groups is 1. The van der Waals surface area contributed by atoms with Gasteiger partial charge in [-0.25, -0.2) is 4.79 Å². The van der Waals surface area contributed by atoms with E-state index in [0.717, 1.165) is 4.90 Å². The van der Waals surface area contributed by atoms with Crippen molar-refractivity contribution in [2.45, 2.75) is 39.3 Å². The first-order valence-electron chi connectivity index (χ1n) is 7.25. The van der Waals surface area contributed by atoms with Crippen LogP contribution in [0, 0.1) is 5.92 Å². The summed E-state index contributed by atoms with van der Waals surface area (Å²) in [5.41, 5.74) is -0.938. The standard InChI is InChI=1S/C15H21N3O4/c1-10(2)7-15(3)13(20)18(14(21)17-15)9-12(19)16-8-11-5-4-6-22-11/h4-6,10H,7-9H2,1-3H3,(H,16,19)(H,17,21). The molecule has 1 fully saturated rings. The zero-order chi connectivity index (χ0) is 16.3. The molecule has 2 heterocycles. The number of hydrogen-bond acceptors (Lipinski definition) is 4. The highest BCUT2D eigenvalue weighted by Gasteiger charge is 2.48. The molecule has 1 aromatic rings. The van der Waals surface area contributed by atoms with Crippen LogP contribution in [0.2, 0.25) is 0 Å². The van der Waals surface area contributed by atoms with Crippen molar-refractivity contribution < 1.29 is 18.8 Å². The Morgan fingerprint density at radius 3 is 2.77 bits per heavy atom. The average molecular weight is 307 g/mol. The molecule has 7 heteroatoms. The van der Waals surface area contributed by atoms with Crippen molar-refractivity contribution in [3.63, 3.8) is 0 Å². The van der Waals surface area contributed by atoms with Crippen molar-refractivity contribution in [2.24, 2.45) is 5.92 Å². The molecular formula is C15H21N3O4. The van der Waals surface area contributed by atoms with E-state index in [1.54, 1.807) is 19.1 Å². The van der Waals surface area contributed by atoms with Gasteiger partial charge in [0.15, 0.2) is 0 Å². The first-order valence-corrected chi connectivity index (χ1v) is 7.25. The third kappa shape index (κ3) is 3.47. The van der Waals surface area contributed by atoms with Crippen LogP contribution >= 0.6 is 0 Å². The maximum absolute atomic E-state index is 12.4. The Hall–Kier alpha value is -2.31. The SMILES string of the molecule is CC(C)CC1(C)NC(=O)N(CC(=O)NCc2ccco2)C1=O. The van der Waals surface area contributed by atoms with Gasteiger partial charge in [-0.15, -0.1) is 0 Å². The van der Waals surface area contributed by atoms with Crippen molar-refractivity contribution in [2.75, 3.05) is 6.54 Å². The average Bonchev–Trinajstić information content (AvgIpc) is 2.99. The monoisotopic (exact) mass is 307 g/mol. The topological polar surface area (TPSA) is 91.7 Å². The molecule has 2 rings (SSSR count). The fraction of sp³-hybridized carbons (Fsp3) is 0.533. The second kappa shape index (κ2) is 6.21. The molecule has 0 radical (unpaired) electrons. The van der Waals surface area contributed by atoms with Crippen LogP contribution < -0.4 is 10.6 Å². The lowest BCUT2D eigenvalue weighted by Gasteiger charge is -2.23. The van der Waals surface area contributed by atoms with Crippen molar-refractivity contribution in [3.05, 3.63) is 24.2 Å². The first kappa shape index (κ1) is 16.1. The van der Waals surface area contributed by atoms with Crippen LogP contribution in [0.25, 0.3) is 0 Å². The van der Waals surface area contributed by atoms with Crippen LogP contribution in [0.5, 0.6) is 0 Å². The number of amides is 4. The van der Waals surface area contributed by atoms with Gasteiger partial charge in [-0.05, 0) is 31.4 Å². The van der Waals surface area contributed by atoms with Crippen LogP contribution in [0.15, 0.2) is 22.8 Å². The van der Waals surface area contributed by atoms with Crippen molar-refractivity contribution >= 4 is 17.8 Å². The zero-order valence-corrected chi connectivity index (χ0v) is 13.0. The second-order valence-electron chi connectivity index (χ2n) is 6.11. The van der Waals surface area contributed by atoms with Crippen LogP contribution in [-0.2, 0) is 16.1 Å². The maximum atomic E-state index is 12.4. The van der Waals surface area contributed by atoms with Gasteiger partial charge in [-0.3, -0.25) is 14.5 Å². The predicted octanol–water partition coefficient (Wildman–Crippen LogP) is 1.25. The van der Waals surface area contributed by atoms with E-state index >= 15 is 0 Å². The van der Waals surface area contributed by atoms with Crippen molar-refractivity contribution in [1.29, 1.82) is 0 Å². The summed E-state index contributed by atoms with van der Waals surface area (Å²) >= 11 is 0. The number of hydrogen-bond donors (Lipinski definition) is 2. The van der Waals surface area contributed by atoms with Crippen LogP contribution in [0.1, 0.15) is 33.0 Å². The molecule has 0 aromatic carbocycles. The third-order valence-electron chi connectivity index (χ3n) is 3.50. The van der Waals surface area contributed by atoms with E-state index in [2.05, 4.69) is 10.6 Å². The van der Waals surface area contributed by atoms with Gasteiger partial charge in [0.05, 0.1) is 12.8 Å². The van der Waals surface area contributed by atoms with E-state index in [0.29, 0.717) is 12.2 Å². The Morgan fingerprint density at radius 1 is 1.45 bits per heavy atom. The van der Waals surface area contributed by atoms with Crippen LogP contribution in [-0.4, -0.2) is 34.8 Å². The Kier molecular flexibility index (Phi) is 4.54. The molecule has 1 aromatic heterocycles. The van der Waals surface area contributed by atoms with Crippen LogP contribution in [0.3, 0.4) is 0 Å². The second-order valence-corrected chi connectivity index (χ2v) is 6.11. The third-order valence-corrected chi connectivity index (χ3v) is 3.50. The molecule has 1 aliphatic rings. The van der Waals surface area contributed by atoms with Crippen molar-refractivity contribution in [1.82, 2.24) is 15.5 Å². The molecule has 4 amide bonds. The zero-order valence-electron chi connectivity index (χ0n) is 13.0. The highest BCUT2D eigenvalue weighted by molar-refractivity contribution is 6.08. The van der Waals surface area contributed by atoms with Gasteiger partial charge in [-0.1, -0.05) is 13.8 Å². The molecule has 7 nitrogen and oxygen atoms in total. The molecule has 1 aliphatic heterocycles. The smallest absolute Gasteiger partial charge is 0.325 e. The molecule has 1 unspecified atom stereocenters. The highest BCUT2D eigenvalue weighted by atomic mass is 16.3. The van der Waals surface area contributed by atoms with Gasteiger partial charge in [0, 0.05) is 0 Å². The normalized spacial score (nSPS) is 21.4. The van der Waals surface area contributed by atoms with Gasteiger partial charge in [0.1, 0.15) is 17.8 Å². The summed E-state index contributed by atoms with van der Waals surface area (Å²) in [5.74, 6) is 0.0882. The molecule has 0 bridgehead atoms. The fourth-order valence-electron chi connectivity index (χ4n) is 2.64. The quantitative estimate of drug-likeness (QED) is 0.774. The van der Waals surface area contributed by atoms with E-state index in [1.807, 2.05) is 13.8 Å². The Bertz CT molecular complexity index is 567. The van der Waals surface area contributed by atoms with Crippen LogP contribution in [0.4, 0.5) is 4.79 Å². The minimum Gasteiger partial charge on any atom is -0.467 e. The van der Waals surface area contributed by atoms with Crippen molar-refractivity contribution in [3.8, 4) is 0 Å². The first-order chi connectivity index (χ1) is 10.3. The summed E-state index contributed by atoms with van der Waals surface area (Å²) in [4.78, 5) is 37.2. The number of urea groups is 1. The molecule has 0 spiro atoms. The lowest BCUT2D eigenvalue weighted by Crippen LogP contribution is -2.46. The molecule has 0 saturated carbocycles. The molecular weight excluding hydrogens is 286 g/mol.